The largest absolute Gasteiger partial charge is 0.306 e. The predicted octanol–water partition coefficient (Wildman–Crippen LogP) is 3.02. The van der Waals surface area contributed by atoms with Gasteiger partial charge in [0.15, 0.2) is 0 Å². The van der Waals surface area contributed by atoms with Gasteiger partial charge in [-0.05, 0) is 35.6 Å². The maximum atomic E-state index is 13.0. The van der Waals surface area contributed by atoms with Crippen molar-refractivity contribution in [1.82, 2.24) is 5.32 Å². The fourth-order valence-electron chi connectivity index (χ4n) is 2.08. The maximum absolute atomic E-state index is 13.0. The van der Waals surface area contributed by atoms with E-state index in [1.165, 1.54) is 11.6 Å². The molecule has 0 radical (unpaired) electrons. The lowest BCUT2D eigenvalue weighted by atomic mass is 9.97. The minimum atomic E-state index is -0.124. The van der Waals surface area contributed by atoms with Crippen LogP contribution in [0.15, 0.2) is 18.2 Å². The van der Waals surface area contributed by atoms with Crippen LogP contribution < -0.4 is 5.32 Å². The van der Waals surface area contributed by atoms with E-state index in [4.69, 9.17) is 0 Å². The molecule has 1 heterocycles. The van der Waals surface area contributed by atoms with Crippen LogP contribution in [0.2, 0.25) is 0 Å². The molecular weight excluding hydrogens is 177 g/mol. The summed E-state index contributed by atoms with van der Waals surface area (Å²) in [4.78, 5) is 0. The molecule has 0 saturated carbocycles. The van der Waals surface area contributed by atoms with Gasteiger partial charge in [-0.1, -0.05) is 19.9 Å². The molecule has 1 atom stereocenters. The van der Waals surface area contributed by atoms with Gasteiger partial charge in [0.05, 0.1) is 0 Å². The standard InChI is InChI=1S/C12H16FN/c1-8(2)5-12-11-6-10(13)4-3-9(11)7-14-12/h3-4,6,8,12,14H,5,7H2,1-2H3. The Morgan fingerprint density at radius 3 is 3.00 bits per heavy atom. The summed E-state index contributed by atoms with van der Waals surface area (Å²) in [6.45, 7) is 5.27. The van der Waals surface area contributed by atoms with Gasteiger partial charge in [-0.2, -0.15) is 0 Å². The highest BCUT2D eigenvalue weighted by atomic mass is 19.1. The van der Waals surface area contributed by atoms with Crippen LogP contribution in [0.25, 0.3) is 0 Å². The lowest BCUT2D eigenvalue weighted by Gasteiger charge is -2.14. The van der Waals surface area contributed by atoms with E-state index < -0.39 is 0 Å². The zero-order chi connectivity index (χ0) is 10.1. The lowest BCUT2D eigenvalue weighted by molar-refractivity contribution is 0.454. The summed E-state index contributed by atoms with van der Waals surface area (Å²) < 4.78 is 13.0. The number of benzene rings is 1. The van der Waals surface area contributed by atoms with E-state index in [1.54, 1.807) is 6.07 Å². The van der Waals surface area contributed by atoms with E-state index in [1.807, 2.05) is 6.07 Å². The molecule has 0 saturated heterocycles. The topological polar surface area (TPSA) is 12.0 Å². The third-order valence-electron chi connectivity index (χ3n) is 2.73. The number of rotatable bonds is 2. The smallest absolute Gasteiger partial charge is 0.123 e. The van der Waals surface area contributed by atoms with Crippen LogP contribution in [0, 0.1) is 11.7 Å². The SMILES string of the molecule is CC(C)CC1NCc2ccc(F)cc21. The van der Waals surface area contributed by atoms with Gasteiger partial charge in [0.2, 0.25) is 0 Å². The molecule has 1 aromatic rings. The molecule has 1 N–H and O–H groups in total. The van der Waals surface area contributed by atoms with E-state index in [2.05, 4.69) is 19.2 Å². The van der Waals surface area contributed by atoms with Crippen molar-refractivity contribution in [3.05, 3.63) is 35.1 Å². The Hall–Kier alpha value is -0.890. The third-order valence-corrected chi connectivity index (χ3v) is 2.73. The van der Waals surface area contributed by atoms with Gasteiger partial charge in [-0.3, -0.25) is 0 Å². The molecular formula is C12H16FN. The van der Waals surface area contributed by atoms with E-state index in [0.717, 1.165) is 18.5 Å². The predicted molar refractivity (Wildman–Crippen MR) is 55.4 cm³/mol. The monoisotopic (exact) mass is 193 g/mol. The molecule has 0 aliphatic carbocycles. The molecule has 76 valence electrons. The van der Waals surface area contributed by atoms with Crippen molar-refractivity contribution in [1.29, 1.82) is 0 Å². The first-order chi connectivity index (χ1) is 6.66. The van der Waals surface area contributed by atoms with Crippen molar-refractivity contribution in [2.75, 3.05) is 0 Å². The average molecular weight is 193 g/mol. The van der Waals surface area contributed by atoms with E-state index in [-0.39, 0.29) is 5.82 Å². The van der Waals surface area contributed by atoms with Crippen molar-refractivity contribution in [3.63, 3.8) is 0 Å². The quantitative estimate of drug-likeness (QED) is 0.761. The number of nitrogens with one attached hydrogen (secondary N) is 1. The molecule has 1 unspecified atom stereocenters. The van der Waals surface area contributed by atoms with Crippen LogP contribution in [0.1, 0.15) is 37.4 Å². The Morgan fingerprint density at radius 1 is 1.50 bits per heavy atom. The molecule has 0 fully saturated rings. The molecule has 2 rings (SSSR count). The van der Waals surface area contributed by atoms with E-state index in [9.17, 15) is 4.39 Å². The Labute approximate surface area is 84.3 Å². The summed E-state index contributed by atoms with van der Waals surface area (Å²) in [7, 11) is 0. The van der Waals surface area contributed by atoms with Crippen LogP contribution in [-0.4, -0.2) is 0 Å². The van der Waals surface area contributed by atoms with Gasteiger partial charge in [-0.15, -0.1) is 0 Å². The highest BCUT2D eigenvalue weighted by Gasteiger charge is 2.22. The molecule has 0 amide bonds. The normalized spacial score (nSPS) is 20.1. The van der Waals surface area contributed by atoms with Crippen LogP contribution in [-0.2, 0) is 6.54 Å². The second kappa shape index (κ2) is 3.70. The van der Waals surface area contributed by atoms with Crippen molar-refractivity contribution < 1.29 is 4.39 Å². The molecule has 0 aromatic heterocycles. The molecule has 1 aliphatic heterocycles. The summed E-state index contributed by atoms with van der Waals surface area (Å²) in [5.74, 6) is 0.517. The van der Waals surface area contributed by atoms with Crippen molar-refractivity contribution in [3.8, 4) is 0 Å². The molecule has 1 nitrogen and oxygen atoms in total. The van der Waals surface area contributed by atoms with Crippen LogP contribution in [0.5, 0.6) is 0 Å². The molecule has 2 heteroatoms. The summed E-state index contributed by atoms with van der Waals surface area (Å²) in [6, 6.07) is 5.44. The first kappa shape index (κ1) is 9.66. The highest BCUT2D eigenvalue weighted by molar-refractivity contribution is 5.34. The fourth-order valence-corrected chi connectivity index (χ4v) is 2.08. The minimum absolute atomic E-state index is 0.124. The van der Waals surface area contributed by atoms with Crippen molar-refractivity contribution in [2.24, 2.45) is 5.92 Å². The summed E-state index contributed by atoms with van der Waals surface area (Å²) >= 11 is 0. The molecule has 0 bridgehead atoms. The fraction of sp³-hybridized carbons (Fsp3) is 0.500. The lowest BCUT2D eigenvalue weighted by Crippen LogP contribution is -2.14. The Morgan fingerprint density at radius 2 is 2.29 bits per heavy atom. The first-order valence-electron chi connectivity index (χ1n) is 5.18. The third kappa shape index (κ3) is 1.80. The van der Waals surface area contributed by atoms with Crippen LogP contribution in [0.3, 0.4) is 0 Å². The Kier molecular flexibility index (Phi) is 2.55. The Bertz CT molecular complexity index is 333. The van der Waals surface area contributed by atoms with Crippen molar-refractivity contribution >= 4 is 0 Å². The zero-order valence-electron chi connectivity index (χ0n) is 8.68. The Balaban J connectivity index is 2.24. The molecule has 14 heavy (non-hydrogen) atoms. The maximum Gasteiger partial charge on any atom is 0.123 e. The highest BCUT2D eigenvalue weighted by Crippen LogP contribution is 2.30. The van der Waals surface area contributed by atoms with Gasteiger partial charge in [-0.25, -0.2) is 4.39 Å². The number of hydrogen-bond donors (Lipinski definition) is 1. The number of fused-ring (bicyclic) bond motifs is 1. The minimum Gasteiger partial charge on any atom is -0.306 e. The van der Waals surface area contributed by atoms with Crippen LogP contribution in [0.4, 0.5) is 4.39 Å². The van der Waals surface area contributed by atoms with Gasteiger partial charge >= 0.3 is 0 Å². The summed E-state index contributed by atoms with van der Waals surface area (Å²) in [5, 5.41) is 3.41. The van der Waals surface area contributed by atoms with Gasteiger partial charge < -0.3 is 5.32 Å². The summed E-state index contributed by atoms with van der Waals surface area (Å²) in [5.41, 5.74) is 2.40. The zero-order valence-corrected chi connectivity index (χ0v) is 8.68. The van der Waals surface area contributed by atoms with Gasteiger partial charge in [0, 0.05) is 12.6 Å². The number of hydrogen-bond acceptors (Lipinski definition) is 1. The number of halogens is 1. The van der Waals surface area contributed by atoms with Gasteiger partial charge in [0.1, 0.15) is 5.82 Å². The molecule has 1 aliphatic rings. The second-order valence-electron chi connectivity index (χ2n) is 4.41. The van der Waals surface area contributed by atoms with E-state index in [0.29, 0.717) is 12.0 Å². The van der Waals surface area contributed by atoms with Crippen LogP contribution >= 0.6 is 0 Å². The average Bonchev–Trinajstić information content (AvgIpc) is 2.47. The molecule has 0 spiro atoms. The first-order valence-corrected chi connectivity index (χ1v) is 5.18. The van der Waals surface area contributed by atoms with Crippen molar-refractivity contribution in [2.45, 2.75) is 32.9 Å². The summed E-state index contributed by atoms with van der Waals surface area (Å²) in [6.07, 6.45) is 1.08. The van der Waals surface area contributed by atoms with Gasteiger partial charge in [0.25, 0.3) is 0 Å². The van der Waals surface area contributed by atoms with E-state index >= 15 is 0 Å². The molecule has 1 aromatic carbocycles. The second-order valence-corrected chi connectivity index (χ2v) is 4.41.